The molecule has 0 radical (unpaired) electrons. The van der Waals surface area contributed by atoms with Crippen molar-refractivity contribution in [1.29, 1.82) is 0 Å². The SMILES string of the molecule is O=CNC(CNC(=O)c1ccnc(NC2CCN(C=O)CC2)c1)CN1Cc2ccccc2C1. The van der Waals surface area contributed by atoms with Gasteiger partial charge in [-0.1, -0.05) is 24.3 Å². The van der Waals surface area contributed by atoms with E-state index < -0.39 is 0 Å². The second kappa shape index (κ2) is 10.9. The third kappa shape index (κ3) is 6.07. The summed E-state index contributed by atoms with van der Waals surface area (Å²) in [7, 11) is 0. The van der Waals surface area contributed by atoms with Crippen LogP contribution in [0.5, 0.6) is 0 Å². The van der Waals surface area contributed by atoms with Gasteiger partial charge in [0.1, 0.15) is 5.82 Å². The number of carbonyl (C=O) groups excluding carboxylic acids is 3. The van der Waals surface area contributed by atoms with E-state index in [0.29, 0.717) is 44.0 Å². The highest BCUT2D eigenvalue weighted by Crippen LogP contribution is 2.22. The average molecular weight is 451 g/mol. The van der Waals surface area contributed by atoms with Crippen LogP contribution in [0.1, 0.15) is 34.3 Å². The van der Waals surface area contributed by atoms with Gasteiger partial charge >= 0.3 is 0 Å². The van der Waals surface area contributed by atoms with Crippen LogP contribution in [0.4, 0.5) is 5.82 Å². The van der Waals surface area contributed by atoms with Crippen molar-refractivity contribution in [3.8, 4) is 0 Å². The molecule has 33 heavy (non-hydrogen) atoms. The van der Waals surface area contributed by atoms with Crippen LogP contribution in [0.3, 0.4) is 0 Å². The van der Waals surface area contributed by atoms with E-state index in [1.807, 2.05) is 12.1 Å². The lowest BCUT2D eigenvalue weighted by Gasteiger charge is -2.30. The number of likely N-dealkylation sites (tertiary alicyclic amines) is 1. The summed E-state index contributed by atoms with van der Waals surface area (Å²) in [6.45, 7) is 4.09. The van der Waals surface area contributed by atoms with Gasteiger partial charge in [0.2, 0.25) is 12.8 Å². The van der Waals surface area contributed by atoms with Gasteiger partial charge < -0.3 is 20.9 Å². The summed E-state index contributed by atoms with van der Waals surface area (Å²) in [5, 5.41) is 9.13. The first-order chi connectivity index (χ1) is 16.1. The normalized spacial score (nSPS) is 17.2. The quantitative estimate of drug-likeness (QED) is 0.466. The Morgan fingerprint density at radius 2 is 1.85 bits per heavy atom. The molecule has 3 heterocycles. The predicted octanol–water partition coefficient (Wildman–Crippen LogP) is 0.975. The average Bonchev–Trinajstić information content (AvgIpc) is 3.25. The highest BCUT2D eigenvalue weighted by molar-refractivity contribution is 5.94. The Hall–Kier alpha value is -3.46. The van der Waals surface area contributed by atoms with E-state index in [9.17, 15) is 14.4 Å². The number of amides is 3. The van der Waals surface area contributed by atoms with E-state index in [-0.39, 0.29) is 18.0 Å². The molecule has 174 valence electrons. The summed E-state index contributed by atoms with van der Waals surface area (Å²) in [5.74, 6) is 0.434. The van der Waals surface area contributed by atoms with Crippen molar-refractivity contribution in [3.63, 3.8) is 0 Å². The summed E-state index contributed by atoms with van der Waals surface area (Å²) < 4.78 is 0. The molecule has 4 rings (SSSR count). The van der Waals surface area contributed by atoms with Crippen molar-refractivity contribution in [2.75, 3.05) is 31.5 Å². The van der Waals surface area contributed by atoms with Crippen molar-refractivity contribution in [1.82, 2.24) is 25.4 Å². The number of nitrogens with zero attached hydrogens (tertiary/aromatic N) is 3. The Kier molecular flexibility index (Phi) is 7.51. The van der Waals surface area contributed by atoms with E-state index in [4.69, 9.17) is 0 Å². The molecule has 1 unspecified atom stereocenters. The van der Waals surface area contributed by atoms with Crippen LogP contribution in [0, 0.1) is 0 Å². The molecule has 3 amide bonds. The molecule has 9 heteroatoms. The largest absolute Gasteiger partial charge is 0.367 e. The molecule has 1 atom stereocenters. The van der Waals surface area contributed by atoms with E-state index >= 15 is 0 Å². The summed E-state index contributed by atoms with van der Waals surface area (Å²) in [6, 6.07) is 11.8. The summed E-state index contributed by atoms with van der Waals surface area (Å²) in [5.41, 5.74) is 3.12. The Morgan fingerprint density at radius 1 is 1.12 bits per heavy atom. The fourth-order valence-corrected chi connectivity index (χ4v) is 4.44. The Balaban J connectivity index is 1.28. The van der Waals surface area contributed by atoms with Crippen molar-refractivity contribution < 1.29 is 14.4 Å². The molecular weight excluding hydrogens is 420 g/mol. The van der Waals surface area contributed by atoms with E-state index in [1.165, 1.54) is 11.1 Å². The molecule has 9 nitrogen and oxygen atoms in total. The number of hydrogen-bond donors (Lipinski definition) is 3. The first-order valence-corrected chi connectivity index (χ1v) is 11.3. The van der Waals surface area contributed by atoms with Crippen LogP contribution in [0.25, 0.3) is 0 Å². The summed E-state index contributed by atoms with van der Waals surface area (Å²) in [4.78, 5) is 43.1. The van der Waals surface area contributed by atoms with Crippen molar-refractivity contribution in [3.05, 3.63) is 59.3 Å². The molecule has 1 aromatic carbocycles. The maximum atomic E-state index is 12.8. The van der Waals surface area contributed by atoms with Gasteiger partial charge in [0.05, 0.1) is 6.04 Å². The lowest BCUT2D eigenvalue weighted by molar-refractivity contribution is -0.119. The van der Waals surface area contributed by atoms with Gasteiger partial charge in [0.25, 0.3) is 5.91 Å². The van der Waals surface area contributed by atoms with Gasteiger partial charge in [0.15, 0.2) is 0 Å². The zero-order chi connectivity index (χ0) is 23.0. The highest BCUT2D eigenvalue weighted by atomic mass is 16.2. The van der Waals surface area contributed by atoms with Gasteiger partial charge in [-0.25, -0.2) is 4.98 Å². The molecule has 1 fully saturated rings. The molecule has 0 spiro atoms. The Bertz CT molecular complexity index is 951. The van der Waals surface area contributed by atoms with Crippen molar-refractivity contribution in [2.45, 2.75) is 38.0 Å². The number of pyridine rings is 1. The standard InChI is InChI=1S/C24H30N6O3/c31-16-27-22(15-30-13-19-3-1-2-4-20(19)14-30)12-26-24(33)18-5-8-25-23(11-18)28-21-6-9-29(17-32)10-7-21/h1-5,8,11,16-17,21-22H,6-7,9-10,12-15H2,(H,25,28)(H,26,33)(H,27,31). The second-order valence-electron chi connectivity index (χ2n) is 8.62. The number of hydrogen-bond acceptors (Lipinski definition) is 6. The molecule has 3 N–H and O–H groups in total. The first-order valence-electron chi connectivity index (χ1n) is 11.3. The van der Waals surface area contributed by atoms with Gasteiger partial charge in [-0.05, 0) is 36.1 Å². The van der Waals surface area contributed by atoms with Crippen molar-refractivity contribution >= 4 is 24.5 Å². The summed E-state index contributed by atoms with van der Waals surface area (Å²) in [6.07, 6.45) is 4.87. The molecule has 0 aliphatic carbocycles. The van der Waals surface area contributed by atoms with Gasteiger partial charge in [-0.2, -0.15) is 0 Å². The van der Waals surface area contributed by atoms with E-state index in [1.54, 1.807) is 23.2 Å². The highest BCUT2D eigenvalue weighted by Gasteiger charge is 2.22. The third-order valence-corrected chi connectivity index (χ3v) is 6.25. The van der Waals surface area contributed by atoms with Crippen LogP contribution >= 0.6 is 0 Å². The van der Waals surface area contributed by atoms with Crippen molar-refractivity contribution in [2.24, 2.45) is 0 Å². The van der Waals surface area contributed by atoms with Crippen LogP contribution in [0.15, 0.2) is 42.6 Å². The van der Waals surface area contributed by atoms with Crippen LogP contribution in [0.2, 0.25) is 0 Å². The monoisotopic (exact) mass is 450 g/mol. The lowest BCUT2D eigenvalue weighted by Crippen LogP contribution is -2.46. The number of benzene rings is 1. The summed E-state index contributed by atoms with van der Waals surface area (Å²) >= 11 is 0. The van der Waals surface area contributed by atoms with Gasteiger partial charge in [-0.3, -0.25) is 19.3 Å². The van der Waals surface area contributed by atoms with Gasteiger partial charge in [-0.15, -0.1) is 0 Å². The van der Waals surface area contributed by atoms with Crippen LogP contribution in [-0.2, 0) is 22.7 Å². The smallest absolute Gasteiger partial charge is 0.251 e. The molecule has 2 aliphatic heterocycles. The second-order valence-corrected chi connectivity index (χ2v) is 8.62. The minimum atomic E-state index is -0.210. The Labute approximate surface area is 193 Å². The van der Waals surface area contributed by atoms with E-state index in [0.717, 1.165) is 32.3 Å². The molecule has 1 saturated heterocycles. The van der Waals surface area contributed by atoms with Gasteiger partial charge in [0, 0.05) is 57.1 Å². The predicted molar refractivity (Wildman–Crippen MR) is 124 cm³/mol. The zero-order valence-corrected chi connectivity index (χ0v) is 18.6. The molecule has 0 saturated carbocycles. The zero-order valence-electron chi connectivity index (χ0n) is 18.6. The number of nitrogens with one attached hydrogen (secondary N) is 3. The molecule has 1 aromatic heterocycles. The topological polar surface area (TPSA) is 107 Å². The molecular formula is C24H30N6O3. The maximum Gasteiger partial charge on any atom is 0.251 e. The number of aromatic nitrogens is 1. The minimum Gasteiger partial charge on any atom is -0.367 e. The maximum absolute atomic E-state index is 12.8. The number of rotatable bonds is 10. The number of anilines is 1. The van der Waals surface area contributed by atoms with Crippen LogP contribution < -0.4 is 16.0 Å². The molecule has 2 aliphatic rings. The lowest BCUT2D eigenvalue weighted by atomic mass is 10.1. The first kappa shape index (κ1) is 22.7. The third-order valence-electron chi connectivity index (χ3n) is 6.25. The van der Waals surface area contributed by atoms with Crippen LogP contribution in [-0.4, -0.2) is 71.8 Å². The fraction of sp³-hybridized carbons (Fsp3) is 0.417. The van der Waals surface area contributed by atoms with E-state index in [2.05, 4.69) is 38.0 Å². The number of carbonyl (C=O) groups is 3. The molecule has 0 bridgehead atoms. The fourth-order valence-electron chi connectivity index (χ4n) is 4.44. The Morgan fingerprint density at radius 3 is 2.52 bits per heavy atom. The minimum absolute atomic E-state index is 0.191. The molecule has 2 aromatic rings. The number of piperidine rings is 1. The number of fused-ring (bicyclic) bond motifs is 1.